The van der Waals surface area contributed by atoms with Crippen LogP contribution in [0, 0.1) is 0 Å². The smallest absolute Gasteiger partial charge is 0.323 e. The molecule has 0 saturated heterocycles. The average Bonchev–Trinajstić information content (AvgIpc) is 3.12. The highest BCUT2D eigenvalue weighted by molar-refractivity contribution is 5.91. The second-order valence-corrected chi connectivity index (χ2v) is 6.04. The van der Waals surface area contributed by atoms with E-state index in [0.717, 1.165) is 23.5 Å². The van der Waals surface area contributed by atoms with Gasteiger partial charge in [0.1, 0.15) is 0 Å². The van der Waals surface area contributed by atoms with Crippen LogP contribution in [0.5, 0.6) is 0 Å². The van der Waals surface area contributed by atoms with E-state index in [2.05, 4.69) is 14.9 Å². The molecule has 2 aromatic heterocycles. The highest BCUT2D eigenvalue weighted by Crippen LogP contribution is 2.24. The number of hydrogen-bond donors (Lipinski definition) is 2. The standard InChI is InChI=1S/C19H19N5O/c20-16-8-9-17(14-5-2-1-3-6-14)21-18(16)22-19(25)24-12-11-23-10-4-7-15(23)13-24/h1-10H,11-13,20H2,(H,21,22,25). The van der Waals surface area contributed by atoms with Gasteiger partial charge >= 0.3 is 6.03 Å². The number of aromatic nitrogens is 2. The lowest BCUT2D eigenvalue weighted by molar-refractivity contribution is 0.197. The summed E-state index contributed by atoms with van der Waals surface area (Å²) in [5, 5.41) is 2.85. The Hall–Kier alpha value is -3.28. The minimum atomic E-state index is -0.183. The van der Waals surface area contributed by atoms with Crippen LogP contribution < -0.4 is 11.1 Å². The van der Waals surface area contributed by atoms with Gasteiger partial charge in [0.25, 0.3) is 0 Å². The van der Waals surface area contributed by atoms with E-state index >= 15 is 0 Å². The Balaban J connectivity index is 1.53. The Labute approximate surface area is 145 Å². The Morgan fingerprint density at radius 1 is 1.04 bits per heavy atom. The summed E-state index contributed by atoms with van der Waals surface area (Å²) in [6.45, 7) is 2.03. The van der Waals surface area contributed by atoms with Gasteiger partial charge in [-0.2, -0.15) is 0 Å². The third kappa shape index (κ3) is 3.06. The van der Waals surface area contributed by atoms with Gasteiger partial charge in [0.05, 0.1) is 17.9 Å². The maximum absolute atomic E-state index is 12.6. The van der Waals surface area contributed by atoms with Crippen molar-refractivity contribution in [1.82, 2.24) is 14.5 Å². The number of carbonyl (C=O) groups is 1. The number of nitrogens with zero attached hydrogens (tertiary/aromatic N) is 3. The van der Waals surface area contributed by atoms with Crippen LogP contribution in [0.3, 0.4) is 0 Å². The number of carbonyl (C=O) groups excluding carboxylic acids is 1. The lowest BCUT2D eigenvalue weighted by atomic mass is 10.1. The minimum Gasteiger partial charge on any atom is -0.396 e. The maximum Gasteiger partial charge on any atom is 0.323 e. The lowest BCUT2D eigenvalue weighted by Crippen LogP contribution is -2.40. The zero-order valence-electron chi connectivity index (χ0n) is 13.7. The van der Waals surface area contributed by atoms with Crippen LogP contribution in [0.2, 0.25) is 0 Å². The molecule has 6 heteroatoms. The largest absolute Gasteiger partial charge is 0.396 e. The number of benzene rings is 1. The van der Waals surface area contributed by atoms with Crippen molar-refractivity contribution in [2.45, 2.75) is 13.1 Å². The molecule has 3 N–H and O–H groups in total. The van der Waals surface area contributed by atoms with Crippen LogP contribution in [0.15, 0.2) is 60.8 Å². The Bertz CT molecular complexity index is 903. The maximum atomic E-state index is 12.6. The Kier molecular flexibility index (Phi) is 3.85. The number of hydrogen-bond acceptors (Lipinski definition) is 3. The van der Waals surface area contributed by atoms with E-state index in [1.807, 2.05) is 54.7 Å². The number of nitrogen functional groups attached to an aromatic ring is 1. The second kappa shape index (κ2) is 6.32. The lowest BCUT2D eigenvalue weighted by Gasteiger charge is -2.28. The monoisotopic (exact) mass is 333 g/mol. The number of nitrogens with one attached hydrogen (secondary N) is 1. The molecular weight excluding hydrogens is 314 g/mol. The van der Waals surface area contributed by atoms with Crippen LogP contribution in [0.4, 0.5) is 16.3 Å². The number of urea groups is 1. The number of fused-ring (bicyclic) bond motifs is 1. The molecule has 4 rings (SSSR count). The minimum absolute atomic E-state index is 0.183. The van der Waals surface area contributed by atoms with E-state index in [1.165, 1.54) is 0 Å². The van der Waals surface area contributed by atoms with E-state index in [1.54, 1.807) is 11.0 Å². The topological polar surface area (TPSA) is 76.2 Å². The summed E-state index contributed by atoms with van der Waals surface area (Å²) >= 11 is 0. The molecule has 3 heterocycles. The number of pyridine rings is 1. The predicted molar refractivity (Wildman–Crippen MR) is 97.9 cm³/mol. The summed E-state index contributed by atoms with van der Waals surface area (Å²) in [5.41, 5.74) is 9.34. The molecule has 126 valence electrons. The average molecular weight is 333 g/mol. The summed E-state index contributed by atoms with van der Waals surface area (Å²) in [6.07, 6.45) is 2.04. The first-order valence-electron chi connectivity index (χ1n) is 8.22. The van der Waals surface area contributed by atoms with Crippen molar-refractivity contribution in [3.05, 3.63) is 66.5 Å². The molecule has 25 heavy (non-hydrogen) atoms. The third-order valence-electron chi connectivity index (χ3n) is 4.40. The molecule has 0 aliphatic carbocycles. The molecule has 0 spiro atoms. The van der Waals surface area contributed by atoms with Gasteiger partial charge in [-0.15, -0.1) is 0 Å². The van der Waals surface area contributed by atoms with Gasteiger partial charge in [0, 0.05) is 30.5 Å². The van der Waals surface area contributed by atoms with Crippen molar-refractivity contribution in [1.29, 1.82) is 0 Å². The van der Waals surface area contributed by atoms with Crippen LogP contribution in [0.1, 0.15) is 5.69 Å². The number of rotatable bonds is 2. The molecule has 1 aliphatic heterocycles. The molecule has 6 nitrogen and oxygen atoms in total. The normalized spacial score (nSPS) is 13.4. The second-order valence-electron chi connectivity index (χ2n) is 6.04. The molecule has 0 bridgehead atoms. The van der Waals surface area contributed by atoms with Crippen molar-refractivity contribution in [2.24, 2.45) is 0 Å². The van der Waals surface area contributed by atoms with E-state index in [-0.39, 0.29) is 6.03 Å². The molecule has 0 fully saturated rings. The van der Waals surface area contributed by atoms with Gasteiger partial charge in [0.2, 0.25) is 0 Å². The highest BCUT2D eigenvalue weighted by Gasteiger charge is 2.21. The molecular formula is C19H19N5O. The molecule has 1 aromatic carbocycles. The fourth-order valence-corrected chi connectivity index (χ4v) is 3.01. The van der Waals surface area contributed by atoms with Crippen molar-refractivity contribution < 1.29 is 4.79 Å². The number of nitrogens with two attached hydrogens (primary N) is 1. The van der Waals surface area contributed by atoms with E-state index in [0.29, 0.717) is 24.6 Å². The molecule has 0 unspecified atom stereocenters. The van der Waals surface area contributed by atoms with E-state index in [4.69, 9.17) is 5.73 Å². The van der Waals surface area contributed by atoms with Crippen molar-refractivity contribution in [3.8, 4) is 11.3 Å². The molecule has 2 amide bonds. The fraction of sp³-hybridized carbons (Fsp3) is 0.158. The number of anilines is 2. The molecule has 0 saturated carbocycles. The predicted octanol–water partition coefficient (Wildman–Crippen LogP) is 3.18. The van der Waals surface area contributed by atoms with E-state index in [9.17, 15) is 4.79 Å². The van der Waals surface area contributed by atoms with Gasteiger partial charge in [-0.3, -0.25) is 5.32 Å². The Morgan fingerprint density at radius 2 is 1.88 bits per heavy atom. The van der Waals surface area contributed by atoms with Gasteiger partial charge in [-0.1, -0.05) is 30.3 Å². The number of amides is 2. The Morgan fingerprint density at radius 3 is 2.72 bits per heavy atom. The zero-order chi connectivity index (χ0) is 17.2. The van der Waals surface area contributed by atoms with Gasteiger partial charge < -0.3 is 15.2 Å². The zero-order valence-corrected chi connectivity index (χ0v) is 13.7. The first-order chi connectivity index (χ1) is 12.2. The van der Waals surface area contributed by atoms with Crippen LogP contribution in [-0.4, -0.2) is 27.0 Å². The molecule has 1 aliphatic rings. The fourth-order valence-electron chi connectivity index (χ4n) is 3.01. The van der Waals surface area contributed by atoms with Crippen LogP contribution in [0.25, 0.3) is 11.3 Å². The third-order valence-corrected chi connectivity index (χ3v) is 4.40. The molecule has 0 radical (unpaired) electrons. The molecule has 0 atom stereocenters. The molecule has 3 aromatic rings. The first kappa shape index (κ1) is 15.3. The van der Waals surface area contributed by atoms with Crippen molar-refractivity contribution in [2.75, 3.05) is 17.6 Å². The first-order valence-corrected chi connectivity index (χ1v) is 8.22. The summed E-state index contributed by atoms with van der Waals surface area (Å²) in [6, 6.07) is 17.3. The quantitative estimate of drug-likeness (QED) is 0.756. The summed E-state index contributed by atoms with van der Waals surface area (Å²) in [5.74, 6) is 0.396. The van der Waals surface area contributed by atoms with E-state index < -0.39 is 0 Å². The summed E-state index contributed by atoms with van der Waals surface area (Å²) < 4.78 is 2.16. The van der Waals surface area contributed by atoms with Crippen molar-refractivity contribution in [3.63, 3.8) is 0 Å². The van der Waals surface area contributed by atoms with Crippen LogP contribution in [-0.2, 0) is 13.1 Å². The van der Waals surface area contributed by atoms with Crippen LogP contribution >= 0.6 is 0 Å². The van der Waals surface area contributed by atoms with Gasteiger partial charge in [0.15, 0.2) is 5.82 Å². The SMILES string of the molecule is Nc1ccc(-c2ccccc2)nc1NC(=O)N1CCn2cccc2C1. The summed E-state index contributed by atoms with van der Waals surface area (Å²) in [7, 11) is 0. The highest BCUT2D eigenvalue weighted by atomic mass is 16.2. The van der Waals surface area contributed by atoms with Crippen molar-refractivity contribution >= 4 is 17.5 Å². The summed E-state index contributed by atoms with van der Waals surface area (Å²) in [4.78, 5) is 18.9. The van der Waals surface area contributed by atoms with Gasteiger partial charge in [-0.25, -0.2) is 9.78 Å². The van der Waals surface area contributed by atoms with Gasteiger partial charge in [-0.05, 0) is 24.3 Å².